The summed E-state index contributed by atoms with van der Waals surface area (Å²) >= 11 is 0. The number of rotatable bonds is 7. The van der Waals surface area contributed by atoms with Gasteiger partial charge in [-0.3, -0.25) is 9.13 Å². The summed E-state index contributed by atoms with van der Waals surface area (Å²) < 4.78 is 9.51. The van der Waals surface area contributed by atoms with E-state index in [0.29, 0.717) is 5.95 Å². The molecule has 0 saturated heterocycles. The van der Waals surface area contributed by atoms with Crippen molar-refractivity contribution < 1.29 is 0 Å². The lowest BCUT2D eigenvalue weighted by atomic mass is 9.84. The van der Waals surface area contributed by atoms with Crippen LogP contribution in [0.4, 0.5) is 0 Å². The topological polar surface area (TPSA) is 71.3 Å². The second-order valence-electron chi connectivity index (χ2n) is 40.2. The second-order valence-corrected chi connectivity index (χ2v) is 40.2. The molecule has 0 unspecified atom stereocenters. The number of benzene rings is 26. The Balaban J connectivity index is 0.0000000980. The van der Waals surface area contributed by atoms with Crippen LogP contribution in [0, 0.1) is 0 Å². The van der Waals surface area contributed by atoms with Gasteiger partial charge < -0.3 is 9.13 Å². The maximum absolute atomic E-state index is 5.38. The third-order valence-corrected chi connectivity index (χ3v) is 32.6. The molecule has 8 nitrogen and oxygen atoms in total. The number of fused-ring (bicyclic) bond motifs is 29. The summed E-state index contributed by atoms with van der Waals surface area (Å²) in [5, 5.41) is 34.4. The molecule has 8 heteroatoms. The van der Waals surface area contributed by atoms with E-state index < -0.39 is 0 Å². The zero-order valence-corrected chi connectivity index (χ0v) is 80.9. The van der Waals surface area contributed by atoms with Gasteiger partial charge in [-0.25, -0.2) is 19.9 Å². The smallest absolute Gasteiger partial charge is 0.235 e. The third-order valence-electron chi connectivity index (χ3n) is 32.6. The van der Waals surface area contributed by atoms with Gasteiger partial charge in [0.05, 0.1) is 66.4 Å². The first kappa shape index (κ1) is 82.4. The maximum atomic E-state index is 5.38. The van der Waals surface area contributed by atoms with Gasteiger partial charge in [-0.05, 0) is 266 Å². The molecular formula is C142H82N8. The Labute approximate surface area is 859 Å². The van der Waals surface area contributed by atoms with Crippen LogP contribution < -0.4 is 0 Å². The Morgan fingerprint density at radius 2 is 0.407 bits per heavy atom. The average molecular weight is 1900 g/mol. The number of nitrogens with zero attached hydrogens (tertiary/aromatic N) is 8. The van der Waals surface area contributed by atoms with E-state index in [2.05, 4.69) is 491 Å². The van der Waals surface area contributed by atoms with Gasteiger partial charge in [0.25, 0.3) is 0 Å². The molecule has 0 spiro atoms. The summed E-state index contributed by atoms with van der Waals surface area (Å²) in [6.07, 6.45) is 0. The highest BCUT2D eigenvalue weighted by atomic mass is 15.2. The molecule has 35 rings (SSSR count). The summed E-state index contributed by atoms with van der Waals surface area (Å²) in [5.41, 5.74) is 36.3. The fourth-order valence-electron chi connectivity index (χ4n) is 26.6. The molecule has 6 heterocycles. The average Bonchev–Trinajstić information content (AvgIpc) is 1.53. The van der Waals surface area contributed by atoms with Gasteiger partial charge in [0, 0.05) is 71.0 Å². The monoisotopic (exact) mass is 1900 g/mol. The predicted molar refractivity (Wildman–Crippen MR) is 630 cm³/mol. The van der Waals surface area contributed by atoms with Gasteiger partial charge in [0.2, 0.25) is 5.95 Å². The largest absolute Gasteiger partial charge is 0.309 e. The number of aromatic nitrogens is 8. The van der Waals surface area contributed by atoms with Gasteiger partial charge in [0.1, 0.15) is 5.69 Å². The first-order valence-corrected chi connectivity index (χ1v) is 51.7. The molecule has 0 N–H and O–H groups in total. The lowest BCUT2D eigenvalue weighted by Crippen LogP contribution is -2.04. The zero-order valence-electron chi connectivity index (χ0n) is 80.9. The molecule has 150 heavy (non-hydrogen) atoms. The van der Waals surface area contributed by atoms with Gasteiger partial charge in [-0.1, -0.05) is 406 Å². The summed E-state index contributed by atoms with van der Waals surface area (Å²) in [6, 6.07) is 181. The van der Waals surface area contributed by atoms with Gasteiger partial charge in [0.15, 0.2) is 5.82 Å². The van der Waals surface area contributed by atoms with Crippen LogP contribution in [0.2, 0.25) is 0 Å². The van der Waals surface area contributed by atoms with E-state index >= 15 is 0 Å². The first-order valence-electron chi connectivity index (χ1n) is 51.7. The quantitative estimate of drug-likeness (QED) is 0.149. The Bertz CT molecular complexity index is 11500. The molecule has 32 aromatic rings. The number of para-hydroxylation sites is 5. The van der Waals surface area contributed by atoms with E-state index in [4.69, 9.17) is 19.9 Å². The molecule has 26 aromatic carbocycles. The van der Waals surface area contributed by atoms with E-state index in [1.807, 2.05) is 24.3 Å². The molecule has 0 saturated carbocycles. The van der Waals surface area contributed by atoms with Crippen LogP contribution in [0.3, 0.4) is 0 Å². The Morgan fingerprint density at radius 1 is 0.133 bits per heavy atom. The summed E-state index contributed by atoms with van der Waals surface area (Å²) in [4.78, 5) is 21.2. The highest BCUT2D eigenvalue weighted by Gasteiger charge is 2.35. The summed E-state index contributed by atoms with van der Waals surface area (Å²) in [5.74, 6) is 1.52. The Morgan fingerprint density at radius 3 is 0.800 bits per heavy atom. The van der Waals surface area contributed by atoms with Crippen molar-refractivity contribution >= 4 is 206 Å². The molecule has 0 radical (unpaired) electrons. The van der Waals surface area contributed by atoms with E-state index in [1.54, 1.807) is 0 Å². The molecule has 0 fully saturated rings. The van der Waals surface area contributed by atoms with Crippen molar-refractivity contribution in [3.63, 3.8) is 0 Å². The Hall–Kier alpha value is -20.1. The maximum Gasteiger partial charge on any atom is 0.235 e. The molecule has 0 aliphatic heterocycles. The number of hydrogen-bond donors (Lipinski definition) is 0. The van der Waals surface area contributed by atoms with Crippen LogP contribution in [0.1, 0.15) is 0 Å². The fraction of sp³-hybridized carbons (Fsp3) is 0. The van der Waals surface area contributed by atoms with E-state index in [9.17, 15) is 0 Å². The normalized spacial score (nSPS) is 12.3. The summed E-state index contributed by atoms with van der Waals surface area (Å²) in [7, 11) is 0. The van der Waals surface area contributed by atoms with Crippen molar-refractivity contribution in [2.75, 3.05) is 0 Å². The molecule has 690 valence electrons. The van der Waals surface area contributed by atoms with Gasteiger partial charge in [-0.2, -0.15) is 0 Å². The minimum absolute atomic E-state index is 0.681. The number of hydrogen-bond acceptors (Lipinski definition) is 4. The fourth-order valence-corrected chi connectivity index (χ4v) is 26.6. The van der Waals surface area contributed by atoms with Crippen molar-refractivity contribution in [2.24, 2.45) is 0 Å². The van der Waals surface area contributed by atoms with Crippen LogP contribution in [-0.2, 0) is 0 Å². The molecular weight excluding hydrogens is 1820 g/mol. The SMILES string of the molecule is c1cc2c3c(c1)ccc1c3c3c(cccc3n1-c1ccc(-c3ccc(-n4c5ccccc5c5ccccc54)cc3)cc1)-c1c-2c2ccccc2c2ccccc12.c1ccc(-c2nc(-n3c4cccc5c4c4c6c(cccc6ccc43)-c3c-5c4ccccc4c4ccccc34)nc3ccccc23)cc1.c1ccc(-c2nc3ccccc3nc2-n2c3cccc4c3c3c5c(cccc5ccc32)-c2c-4c3ccccc3c3ccccc23)cc1. The predicted octanol–water partition coefficient (Wildman–Crippen LogP) is 37.7. The van der Waals surface area contributed by atoms with Crippen molar-refractivity contribution in [3.05, 3.63) is 497 Å². The van der Waals surface area contributed by atoms with Crippen LogP contribution in [0.5, 0.6) is 0 Å². The molecule has 0 amide bonds. The molecule has 0 bridgehead atoms. The molecule has 6 aromatic heterocycles. The molecule has 3 aliphatic rings. The summed E-state index contributed by atoms with van der Waals surface area (Å²) in [6.45, 7) is 0. The van der Waals surface area contributed by atoms with Crippen LogP contribution in [0.25, 0.3) is 330 Å². The molecule has 3 aliphatic carbocycles. The van der Waals surface area contributed by atoms with Crippen LogP contribution >= 0.6 is 0 Å². The Kier molecular flexibility index (Phi) is 17.4. The minimum atomic E-state index is 0.681. The van der Waals surface area contributed by atoms with Crippen LogP contribution in [0.15, 0.2) is 497 Å². The van der Waals surface area contributed by atoms with Gasteiger partial charge in [-0.15, -0.1) is 0 Å². The standard InChI is InChI=1S/C54H32N2.2C44H25N3/c1-3-16-42-38(12-1)39-13-2-4-17-43(39)52-45-19-10-22-48-53(45)54-49(32-27-35-11-9-18-44(50(35)54)51(42)52)56(48)37-30-25-34(26-31-37)33-23-28-36(29-24-33)55-46-20-7-5-14-40(46)41-15-6-8-21-47(41)55;1-2-12-27(13-3-1)43-44(46-35-22-9-8-21-34(35)45-43)47-36-23-11-20-33-40-31-18-7-5-16-29(31)28-15-4-6-17-30(28)39(40)32-19-10-14-26-24-25-37(47)42(38(26)32)41(33)36;1-2-12-27(13-3-1)43-32-19-8-9-22-35(32)45-44(46-43)47-36-23-11-21-34-40-31-18-7-5-16-29(31)28-15-4-6-17-30(28)39(40)33-20-10-14-26-24-25-37(47)42(38(26)33)41(34)36/h1-32H;2*1-25H. The van der Waals surface area contributed by atoms with E-state index in [1.165, 1.54) is 246 Å². The minimum Gasteiger partial charge on any atom is -0.309 e. The first-order chi connectivity index (χ1) is 74.5. The second kappa shape index (κ2) is 31.7. The highest BCUT2D eigenvalue weighted by molar-refractivity contribution is 6.40. The lowest BCUT2D eigenvalue weighted by molar-refractivity contribution is 1.01. The highest BCUT2D eigenvalue weighted by Crippen LogP contribution is 2.60. The van der Waals surface area contributed by atoms with E-state index in [0.717, 1.165) is 78.0 Å². The lowest BCUT2D eigenvalue weighted by Gasteiger charge is -2.19. The van der Waals surface area contributed by atoms with Crippen LogP contribution in [-0.4, -0.2) is 38.2 Å². The van der Waals surface area contributed by atoms with Crippen molar-refractivity contribution in [1.82, 2.24) is 38.2 Å². The molecule has 0 atom stereocenters. The van der Waals surface area contributed by atoms with Crippen molar-refractivity contribution in [1.29, 1.82) is 0 Å². The van der Waals surface area contributed by atoms with Gasteiger partial charge >= 0.3 is 0 Å². The van der Waals surface area contributed by atoms with Crippen molar-refractivity contribution in [3.8, 4) is 124 Å². The zero-order chi connectivity index (χ0) is 97.8. The van der Waals surface area contributed by atoms with Crippen molar-refractivity contribution in [2.45, 2.75) is 0 Å². The third kappa shape index (κ3) is 11.6. The van der Waals surface area contributed by atoms with E-state index in [-0.39, 0.29) is 0 Å².